The van der Waals surface area contributed by atoms with Crippen LogP contribution in [-0.2, 0) is 6.42 Å². The molecule has 3 N–H and O–H groups in total. The second kappa shape index (κ2) is 6.39. The molecule has 0 saturated carbocycles. The Labute approximate surface area is 126 Å². The topological polar surface area (TPSA) is 51.2 Å². The first-order valence-corrected chi connectivity index (χ1v) is 7.82. The van der Waals surface area contributed by atoms with Crippen LogP contribution in [0.15, 0.2) is 46.2 Å². The van der Waals surface area contributed by atoms with Gasteiger partial charge in [-0.25, -0.2) is 9.82 Å². The van der Waals surface area contributed by atoms with Crippen molar-refractivity contribution in [2.45, 2.75) is 25.3 Å². The van der Waals surface area contributed by atoms with Crippen molar-refractivity contribution in [2.75, 3.05) is 0 Å². The van der Waals surface area contributed by atoms with Gasteiger partial charge in [-0.05, 0) is 55.0 Å². The Balaban J connectivity index is 1.69. The quantitative estimate of drug-likeness (QED) is 0.531. The fraction of sp³-hybridized carbons (Fsp3) is 0.250. The molecule has 0 radical (unpaired) electrons. The second-order valence-electron chi connectivity index (χ2n) is 5.02. The average Bonchev–Trinajstić information content (AvgIpc) is 3.12. The van der Waals surface area contributed by atoms with E-state index >= 15 is 0 Å². The zero-order valence-corrected chi connectivity index (χ0v) is 12.3. The largest absolute Gasteiger partial charge is 0.459 e. The van der Waals surface area contributed by atoms with Gasteiger partial charge in [0.2, 0.25) is 0 Å². The zero-order valence-electron chi connectivity index (χ0n) is 11.5. The normalized spacial score (nSPS) is 12.9. The predicted molar refractivity (Wildman–Crippen MR) is 83.5 cm³/mol. The van der Waals surface area contributed by atoms with E-state index in [-0.39, 0.29) is 11.9 Å². The molecule has 0 aliphatic heterocycles. The Morgan fingerprint density at radius 3 is 2.95 bits per heavy atom. The molecule has 110 valence electrons. The van der Waals surface area contributed by atoms with Gasteiger partial charge in [0, 0.05) is 10.3 Å². The smallest absolute Gasteiger partial charge is 0.134 e. The molecule has 0 spiro atoms. The van der Waals surface area contributed by atoms with Crippen LogP contribution in [0.3, 0.4) is 0 Å². The first-order chi connectivity index (χ1) is 10.3. The summed E-state index contributed by atoms with van der Waals surface area (Å²) in [7, 11) is 0. The predicted octanol–water partition coefficient (Wildman–Crippen LogP) is 4.16. The maximum atomic E-state index is 13.2. The summed E-state index contributed by atoms with van der Waals surface area (Å²) < 4.78 is 19.0. The lowest BCUT2D eigenvalue weighted by atomic mass is 10.1. The number of furan rings is 1. The van der Waals surface area contributed by atoms with E-state index in [1.54, 1.807) is 17.4 Å². The van der Waals surface area contributed by atoms with E-state index in [9.17, 15) is 4.39 Å². The number of rotatable bonds is 6. The molecule has 3 rings (SSSR count). The van der Waals surface area contributed by atoms with Crippen molar-refractivity contribution >= 4 is 22.3 Å². The molecular formula is C16H17FN2OS. The third kappa shape index (κ3) is 3.32. The number of fused-ring (bicyclic) bond motifs is 1. The number of aryl methyl sites for hydroxylation is 1. The summed E-state index contributed by atoms with van der Waals surface area (Å²) in [5.74, 6) is 6.13. The summed E-state index contributed by atoms with van der Waals surface area (Å²) in [5, 5.41) is 2.85. The molecule has 1 aromatic carbocycles. The maximum absolute atomic E-state index is 13.2. The average molecular weight is 304 g/mol. The van der Waals surface area contributed by atoms with Gasteiger partial charge in [-0.2, -0.15) is 0 Å². The highest BCUT2D eigenvalue weighted by atomic mass is 32.1. The van der Waals surface area contributed by atoms with E-state index in [1.165, 1.54) is 17.0 Å². The van der Waals surface area contributed by atoms with Gasteiger partial charge < -0.3 is 4.42 Å². The Morgan fingerprint density at radius 1 is 1.29 bits per heavy atom. The summed E-state index contributed by atoms with van der Waals surface area (Å²) in [4.78, 5) is 1.37. The Morgan fingerprint density at radius 2 is 2.19 bits per heavy atom. The van der Waals surface area contributed by atoms with Gasteiger partial charge in [-0.1, -0.05) is 6.07 Å². The number of hydrogen-bond donors (Lipinski definition) is 2. The lowest BCUT2D eigenvalue weighted by Gasteiger charge is -2.12. The van der Waals surface area contributed by atoms with Gasteiger partial charge in [0.25, 0.3) is 0 Å². The SMILES string of the molecule is NNC(CCCc1cccs1)c1cc2cc(F)ccc2o1. The second-order valence-corrected chi connectivity index (χ2v) is 6.05. The molecule has 1 unspecified atom stereocenters. The highest BCUT2D eigenvalue weighted by molar-refractivity contribution is 7.09. The van der Waals surface area contributed by atoms with Crippen molar-refractivity contribution in [3.63, 3.8) is 0 Å². The van der Waals surface area contributed by atoms with E-state index in [4.69, 9.17) is 10.3 Å². The fourth-order valence-corrected chi connectivity index (χ4v) is 3.20. The molecule has 3 nitrogen and oxygen atoms in total. The molecule has 0 aliphatic carbocycles. The molecule has 0 bridgehead atoms. The molecule has 0 saturated heterocycles. The molecule has 21 heavy (non-hydrogen) atoms. The molecular weight excluding hydrogens is 287 g/mol. The van der Waals surface area contributed by atoms with E-state index in [1.807, 2.05) is 6.07 Å². The summed E-state index contributed by atoms with van der Waals surface area (Å²) in [6, 6.07) is 10.5. The van der Waals surface area contributed by atoms with Crippen LogP contribution < -0.4 is 11.3 Å². The van der Waals surface area contributed by atoms with Crippen LogP contribution in [0, 0.1) is 5.82 Å². The molecule has 0 fully saturated rings. The third-order valence-corrected chi connectivity index (χ3v) is 4.47. The van der Waals surface area contributed by atoms with E-state index in [2.05, 4.69) is 22.9 Å². The zero-order chi connectivity index (χ0) is 14.7. The van der Waals surface area contributed by atoms with Gasteiger partial charge in [0.1, 0.15) is 17.2 Å². The molecule has 0 amide bonds. The summed E-state index contributed by atoms with van der Waals surface area (Å²) in [5.41, 5.74) is 3.48. The summed E-state index contributed by atoms with van der Waals surface area (Å²) >= 11 is 1.77. The van der Waals surface area contributed by atoms with Crippen LogP contribution in [0.2, 0.25) is 0 Å². The minimum atomic E-state index is -0.259. The van der Waals surface area contributed by atoms with Crippen molar-refractivity contribution in [3.05, 3.63) is 58.2 Å². The Hall–Kier alpha value is -1.69. The first kappa shape index (κ1) is 14.3. The molecule has 5 heteroatoms. The lowest BCUT2D eigenvalue weighted by Crippen LogP contribution is -2.27. The minimum Gasteiger partial charge on any atom is -0.459 e. The monoisotopic (exact) mass is 304 g/mol. The van der Waals surface area contributed by atoms with Crippen LogP contribution in [0.1, 0.15) is 29.5 Å². The molecule has 0 aliphatic rings. The maximum Gasteiger partial charge on any atom is 0.134 e. The van der Waals surface area contributed by atoms with E-state index in [0.717, 1.165) is 30.4 Å². The number of hydrazine groups is 1. The van der Waals surface area contributed by atoms with E-state index < -0.39 is 0 Å². The standard InChI is InChI=1S/C16H17FN2OS/c17-12-6-7-15-11(9-12)10-16(20-15)14(19-18)5-1-3-13-4-2-8-21-13/h2,4,6-10,14,19H,1,3,5,18H2. The van der Waals surface area contributed by atoms with Crippen molar-refractivity contribution < 1.29 is 8.81 Å². The van der Waals surface area contributed by atoms with Crippen LogP contribution in [-0.4, -0.2) is 0 Å². The Bertz CT molecular complexity index is 708. The molecule has 1 atom stereocenters. The molecule has 2 aromatic heterocycles. The highest BCUT2D eigenvalue weighted by Crippen LogP contribution is 2.27. The van der Waals surface area contributed by atoms with Crippen molar-refractivity contribution in [1.29, 1.82) is 0 Å². The van der Waals surface area contributed by atoms with E-state index in [0.29, 0.717) is 5.58 Å². The first-order valence-electron chi connectivity index (χ1n) is 6.94. The summed E-state index contributed by atoms with van der Waals surface area (Å²) in [6.07, 6.45) is 2.92. The molecule has 2 heterocycles. The van der Waals surface area contributed by atoms with Crippen molar-refractivity contribution in [2.24, 2.45) is 5.84 Å². The van der Waals surface area contributed by atoms with Gasteiger partial charge in [-0.3, -0.25) is 5.84 Å². The number of hydrogen-bond acceptors (Lipinski definition) is 4. The fourth-order valence-electron chi connectivity index (χ4n) is 2.45. The Kier molecular flexibility index (Phi) is 4.34. The summed E-state index contributed by atoms with van der Waals surface area (Å²) in [6.45, 7) is 0. The van der Waals surface area contributed by atoms with Crippen molar-refractivity contribution in [1.82, 2.24) is 5.43 Å². The van der Waals surface area contributed by atoms with Crippen LogP contribution in [0.5, 0.6) is 0 Å². The molecule has 3 aromatic rings. The highest BCUT2D eigenvalue weighted by Gasteiger charge is 2.15. The van der Waals surface area contributed by atoms with Crippen LogP contribution in [0.4, 0.5) is 4.39 Å². The number of halogens is 1. The van der Waals surface area contributed by atoms with Crippen LogP contribution >= 0.6 is 11.3 Å². The number of benzene rings is 1. The van der Waals surface area contributed by atoms with Gasteiger partial charge in [0.15, 0.2) is 0 Å². The minimum absolute atomic E-state index is 0.0552. The van der Waals surface area contributed by atoms with Gasteiger partial charge in [0.05, 0.1) is 6.04 Å². The van der Waals surface area contributed by atoms with Gasteiger partial charge in [-0.15, -0.1) is 11.3 Å². The van der Waals surface area contributed by atoms with Gasteiger partial charge >= 0.3 is 0 Å². The number of thiophene rings is 1. The number of nitrogens with two attached hydrogens (primary N) is 1. The van der Waals surface area contributed by atoms with Crippen molar-refractivity contribution in [3.8, 4) is 0 Å². The van der Waals surface area contributed by atoms with Crippen LogP contribution in [0.25, 0.3) is 11.0 Å². The number of nitrogens with one attached hydrogen (secondary N) is 1. The lowest BCUT2D eigenvalue weighted by molar-refractivity contribution is 0.409. The third-order valence-electron chi connectivity index (χ3n) is 3.54.